The minimum Gasteiger partial charge on any atom is -0.508 e. The van der Waals surface area contributed by atoms with Crippen LogP contribution in [0.2, 0.25) is 0 Å². The number of fused-ring (bicyclic) bond motifs is 5. The molecule has 0 bridgehead atoms. The summed E-state index contributed by atoms with van der Waals surface area (Å²) >= 11 is 0. The van der Waals surface area contributed by atoms with Crippen molar-refractivity contribution >= 4 is 11.9 Å². The van der Waals surface area contributed by atoms with Crippen LogP contribution in [0.15, 0.2) is 34.6 Å². The molecule has 0 radical (unpaired) electrons. The average molecular weight is 405 g/mol. The zero-order chi connectivity index (χ0) is 20.9. The molecule has 1 aromatic carbocycles. The van der Waals surface area contributed by atoms with Gasteiger partial charge in [-0.1, -0.05) is 13.0 Å². The molecule has 0 saturated heterocycles. The number of hydrogen-bond acceptors (Lipinski definition) is 4. The molecule has 1 N–H and O–H groups in total. The topological polar surface area (TPSA) is 62.8 Å². The van der Waals surface area contributed by atoms with E-state index in [-0.39, 0.29) is 5.41 Å². The van der Waals surface area contributed by atoms with E-state index in [1.165, 1.54) is 42.5 Å². The van der Waals surface area contributed by atoms with Crippen LogP contribution in [-0.2, 0) is 13.0 Å². The third-order valence-electron chi connectivity index (χ3n) is 8.13. The second-order valence-corrected chi connectivity index (χ2v) is 9.61. The van der Waals surface area contributed by atoms with Crippen LogP contribution in [0, 0.1) is 24.2 Å². The highest BCUT2D eigenvalue weighted by Crippen LogP contribution is 2.60. The molecular weight excluding hydrogens is 372 g/mol. The predicted molar refractivity (Wildman–Crippen MR) is 120 cm³/mol. The van der Waals surface area contributed by atoms with Crippen molar-refractivity contribution in [1.29, 1.82) is 0 Å². The van der Waals surface area contributed by atoms with E-state index in [0.29, 0.717) is 17.6 Å². The van der Waals surface area contributed by atoms with Gasteiger partial charge in [0.2, 0.25) is 0 Å². The van der Waals surface area contributed by atoms with E-state index < -0.39 is 0 Å². The Morgan fingerprint density at radius 1 is 1.27 bits per heavy atom. The van der Waals surface area contributed by atoms with Gasteiger partial charge < -0.3 is 5.11 Å². The number of phenolic OH excluding ortho intramolecular Hbond substituents is 1. The van der Waals surface area contributed by atoms with Gasteiger partial charge in [0, 0.05) is 29.4 Å². The molecule has 3 aliphatic rings. The maximum atomic E-state index is 9.87. The Kier molecular flexibility index (Phi) is 4.79. The maximum absolute atomic E-state index is 9.87. The predicted octanol–water partition coefficient (Wildman–Crippen LogP) is 5.25. The fourth-order valence-corrected chi connectivity index (χ4v) is 6.50. The van der Waals surface area contributed by atoms with E-state index in [2.05, 4.69) is 30.1 Å². The van der Waals surface area contributed by atoms with Gasteiger partial charge in [-0.15, -0.1) is 0 Å². The van der Waals surface area contributed by atoms with Crippen molar-refractivity contribution in [2.75, 3.05) is 0 Å². The Morgan fingerprint density at radius 2 is 2.13 bits per heavy atom. The quantitative estimate of drug-likeness (QED) is 0.561. The first kappa shape index (κ1) is 19.5. The van der Waals surface area contributed by atoms with Crippen LogP contribution < -0.4 is 0 Å². The van der Waals surface area contributed by atoms with Gasteiger partial charge in [-0.25, -0.2) is 0 Å². The summed E-state index contributed by atoms with van der Waals surface area (Å²) in [6.07, 6.45) is 10.9. The van der Waals surface area contributed by atoms with E-state index in [4.69, 9.17) is 5.10 Å². The van der Waals surface area contributed by atoms with Crippen molar-refractivity contribution < 1.29 is 5.11 Å². The molecule has 4 atom stereocenters. The average Bonchev–Trinajstić information content (AvgIpc) is 3.27. The second kappa shape index (κ2) is 7.36. The Labute approximate surface area is 178 Å². The third kappa shape index (κ3) is 3.10. The lowest BCUT2D eigenvalue weighted by molar-refractivity contribution is 0.0955. The Bertz CT molecular complexity index is 1020. The Hall–Kier alpha value is -2.43. The minimum atomic E-state index is 0.176. The van der Waals surface area contributed by atoms with E-state index in [0.717, 1.165) is 36.6 Å². The molecule has 5 heteroatoms. The van der Waals surface area contributed by atoms with Crippen LogP contribution in [-0.4, -0.2) is 26.8 Å². The molecule has 2 aromatic rings. The summed E-state index contributed by atoms with van der Waals surface area (Å²) in [5.41, 5.74) is 6.37. The molecular formula is C25H32N4O. The smallest absolute Gasteiger partial charge is 0.115 e. The van der Waals surface area contributed by atoms with Gasteiger partial charge >= 0.3 is 0 Å². The summed E-state index contributed by atoms with van der Waals surface area (Å²) < 4.78 is 1.94. The van der Waals surface area contributed by atoms with Crippen molar-refractivity contribution in [1.82, 2.24) is 9.78 Å². The molecule has 0 amide bonds. The van der Waals surface area contributed by atoms with Crippen LogP contribution >= 0.6 is 0 Å². The summed E-state index contributed by atoms with van der Waals surface area (Å²) in [7, 11) is 0. The molecule has 5 nitrogen and oxygen atoms in total. The molecule has 1 heterocycles. The summed E-state index contributed by atoms with van der Waals surface area (Å²) in [4.78, 5) is 0. The molecule has 3 aliphatic carbocycles. The number of benzene rings is 1. The molecule has 5 rings (SSSR count). The molecule has 2 saturated carbocycles. The van der Waals surface area contributed by atoms with Crippen molar-refractivity contribution in [3.63, 3.8) is 0 Å². The first-order valence-electron chi connectivity index (χ1n) is 11.5. The van der Waals surface area contributed by atoms with Gasteiger partial charge in [0.15, 0.2) is 0 Å². The SMILES string of the molecule is CCn1cc(/C=N\N=C2\CC[C@H]3[C@H]4CCc5cc(O)ccc5[C@H]4CC[C@]23C)c(C)n1. The van der Waals surface area contributed by atoms with Crippen LogP contribution in [0.3, 0.4) is 0 Å². The second-order valence-electron chi connectivity index (χ2n) is 9.61. The van der Waals surface area contributed by atoms with Crippen molar-refractivity contribution in [3.05, 3.63) is 46.8 Å². The number of hydrogen-bond donors (Lipinski definition) is 1. The molecule has 0 unspecified atom stereocenters. The van der Waals surface area contributed by atoms with Gasteiger partial charge in [-0.2, -0.15) is 15.3 Å². The fourth-order valence-electron chi connectivity index (χ4n) is 6.50. The zero-order valence-electron chi connectivity index (χ0n) is 18.3. The van der Waals surface area contributed by atoms with Crippen LogP contribution in [0.1, 0.15) is 74.3 Å². The monoisotopic (exact) mass is 404 g/mol. The molecule has 0 spiro atoms. The van der Waals surface area contributed by atoms with E-state index in [1.54, 1.807) is 0 Å². The molecule has 0 aliphatic heterocycles. The molecule has 30 heavy (non-hydrogen) atoms. The number of aryl methyl sites for hydroxylation is 3. The lowest BCUT2D eigenvalue weighted by atomic mass is 9.55. The van der Waals surface area contributed by atoms with Crippen LogP contribution in [0.4, 0.5) is 0 Å². The summed E-state index contributed by atoms with van der Waals surface area (Å²) in [5.74, 6) is 2.46. The van der Waals surface area contributed by atoms with Crippen molar-refractivity contribution in [2.45, 2.75) is 71.8 Å². The Balaban J connectivity index is 1.37. The molecule has 158 valence electrons. The number of aromatic hydroxyl groups is 1. The highest BCUT2D eigenvalue weighted by molar-refractivity contribution is 5.93. The van der Waals surface area contributed by atoms with E-state index in [1.807, 2.05) is 36.1 Å². The van der Waals surface area contributed by atoms with Gasteiger partial charge in [0.05, 0.1) is 11.9 Å². The largest absolute Gasteiger partial charge is 0.508 e. The maximum Gasteiger partial charge on any atom is 0.115 e. The van der Waals surface area contributed by atoms with Crippen LogP contribution in [0.5, 0.6) is 5.75 Å². The highest BCUT2D eigenvalue weighted by atomic mass is 16.3. The number of rotatable bonds is 3. The van der Waals surface area contributed by atoms with E-state index in [9.17, 15) is 5.11 Å². The van der Waals surface area contributed by atoms with Crippen molar-refractivity contribution in [2.24, 2.45) is 27.5 Å². The number of phenols is 1. The Morgan fingerprint density at radius 3 is 2.93 bits per heavy atom. The minimum absolute atomic E-state index is 0.176. The normalized spacial score (nSPS) is 31.7. The lowest BCUT2D eigenvalue weighted by Crippen LogP contribution is -2.42. The standard InChI is InChI=1S/C25H32N4O/c1-4-29-15-18(16(2)28-29)14-26-27-24-10-9-23-22-7-5-17-13-19(30)6-8-20(17)21(22)11-12-25(23,24)3/h6,8,13-15,21-23,30H,4-5,7,9-12H2,1-3H3/b26-14-,27-24-/t21-,22+,23+,25+/m1/s1. The molecule has 1 aromatic heterocycles. The number of nitrogens with zero attached hydrogens (tertiary/aromatic N) is 4. The number of aromatic nitrogens is 2. The van der Waals surface area contributed by atoms with Gasteiger partial charge in [0.25, 0.3) is 0 Å². The fraction of sp³-hybridized carbons (Fsp3) is 0.560. The van der Waals surface area contributed by atoms with E-state index >= 15 is 0 Å². The summed E-state index contributed by atoms with van der Waals surface area (Å²) in [6, 6.07) is 6.03. The zero-order valence-corrected chi connectivity index (χ0v) is 18.3. The van der Waals surface area contributed by atoms with Gasteiger partial charge in [-0.3, -0.25) is 4.68 Å². The first-order valence-corrected chi connectivity index (χ1v) is 11.5. The van der Waals surface area contributed by atoms with Crippen LogP contribution in [0.25, 0.3) is 0 Å². The summed E-state index contributed by atoms with van der Waals surface area (Å²) in [5, 5.41) is 23.6. The lowest BCUT2D eigenvalue weighted by Gasteiger charge is -2.49. The van der Waals surface area contributed by atoms with Gasteiger partial charge in [0.1, 0.15) is 5.75 Å². The summed E-state index contributed by atoms with van der Waals surface area (Å²) in [6.45, 7) is 7.42. The highest BCUT2D eigenvalue weighted by Gasteiger charge is 2.53. The van der Waals surface area contributed by atoms with Crippen molar-refractivity contribution in [3.8, 4) is 5.75 Å². The third-order valence-corrected chi connectivity index (χ3v) is 8.13. The van der Waals surface area contributed by atoms with Gasteiger partial charge in [-0.05, 0) is 93.4 Å². The first-order chi connectivity index (χ1) is 14.5. The molecule has 2 fully saturated rings.